The maximum Gasteiger partial charge on any atom is 0.410 e. The Morgan fingerprint density at radius 1 is 1.32 bits per heavy atom. The molecule has 108 valence electrons. The molecule has 1 heterocycles. The van der Waals surface area contributed by atoms with Crippen LogP contribution in [0.2, 0.25) is 0 Å². The highest BCUT2D eigenvalue weighted by Gasteiger charge is 2.66. The fraction of sp³-hybridized carbons (Fsp3) is 0.846. The summed E-state index contributed by atoms with van der Waals surface area (Å²) in [5.41, 5.74) is -0.504. The van der Waals surface area contributed by atoms with Crippen molar-refractivity contribution in [3.05, 3.63) is 0 Å². The van der Waals surface area contributed by atoms with Crippen LogP contribution in [0.5, 0.6) is 0 Å². The molecule has 0 radical (unpaired) electrons. The lowest BCUT2D eigenvalue weighted by atomic mass is 9.94. The second-order valence-electron chi connectivity index (χ2n) is 6.47. The number of hydrogen-bond acceptors (Lipinski definition) is 4. The minimum Gasteiger partial charge on any atom is -0.444 e. The third kappa shape index (κ3) is 2.68. The van der Waals surface area contributed by atoms with E-state index in [1.54, 1.807) is 11.9 Å². The molecule has 2 fully saturated rings. The van der Waals surface area contributed by atoms with Gasteiger partial charge in [0, 0.05) is 25.6 Å². The Bertz CT molecular complexity index is 396. The molecule has 2 rings (SSSR count). The Morgan fingerprint density at radius 3 is 2.37 bits per heavy atom. The van der Waals surface area contributed by atoms with Gasteiger partial charge in [0.05, 0.1) is 13.0 Å². The molecular formula is C13H22N2O4. The molecule has 6 heteroatoms. The standard InChI is InChI=1S/C13H22N2O4/c1-12(2,3)19-11(17)15-7-13(8-15)6-9(13)10(16)14(4)18-5/h9H,6-8H2,1-5H3/t9-/m0/s1. The lowest BCUT2D eigenvalue weighted by Crippen LogP contribution is -2.54. The summed E-state index contributed by atoms with van der Waals surface area (Å²) in [6.45, 7) is 6.75. The summed E-state index contributed by atoms with van der Waals surface area (Å²) in [5, 5.41) is 1.26. The van der Waals surface area contributed by atoms with E-state index < -0.39 is 5.60 Å². The molecule has 0 bridgehead atoms. The predicted octanol–water partition coefficient (Wildman–Crippen LogP) is 1.26. The number of hydrogen-bond donors (Lipinski definition) is 0. The average Bonchev–Trinajstić information content (AvgIpc) is 2.97. The van der Waals surface area contributed by atoms with Crippen molar-refractivity contribution < 1.29 is 19.2 Å². The predicted molar refractivity (Wildman–Crippen MR) is 68.1 cm³/mol. The first-order valence-electron chi connectivity index (χ1n) is 6.48. The van der Waals surface area contributed by atoms with E-state index in [-0.39, 0.29) is 23.3 Å². The van der Waals surface area contributed by atoms with Crippen LogP contribution in [0.25, 0.3) is 0 Å². The van der Waals surface area contributed by atoms with Crippen molar-refractivity contribution in [2.24, 2.45) is 11.3 Å². The number of hydroxylamine groups is 2. The van der Waals surface area contributed by atoms with Gasteiger partial charge in [0.25, 0.3) is 0 Å². The maximum absolute atomic E-state index is 11.9. The molecule has 0 N–H and O–H groups in total. The number of amides is 2. The van der Waals surface area contributed by atoms with Gasteiger partial charge in [-0.3, -0.25) is 9.63 Å². The minimum absolute atomic E-state index is 0.00802. The van der Waals surface area contributed by atoms with Crippen molar-refractivity contribution >= 4 is 12.0 Å². The minimum atomic E-state index is -0.477. The molecule has 1 spiro atoms. The van der Waals surface area contributed by atoms with E-state index in [1.807, 2.05) is 20.8 Å². The Kier molecular flexibility index (Phi) is 3.24. The molecule has 1 saturated heterocycles. The topological polar surface area (TPSA) is 59.1 Å². The van der Waals surface area contributed by atoms with Gasteiger partial charge in [-0.25, -0.2) is 9.86 Å². The lowest BCUT2D eigenvalue weighted by molar-refractivity contribution is -0.172. The SMILES string of the molecule is CON(C)C(=O)[C@@H]1CC12CN(C(=O)OC(C)(C)C)C2. The van der Waals surface area contributed by atoms with Crippen LogP contribution < -0.4 is 0 Å². The van der Waals surface area contributed by atoms with E-state index >= 15 is 0 Å². The van der Waals surface area contributed by atoms with E-state index in [9.17, 15) is 9.59 Å². The second-order valence-corrected chi connectivity index (χ2v) is 6.47. The molecule has 0 aromatic carbocycles. The first-order valence-corrected chi connectivity index (χ1v) is 6.48. The van der Waals surface area contributed by atoms with Crippen LogP contribution in [0.3, 0.4) is 0 Å². The summed E-state index contributed by atoms with van der Waals surface area (Å²) >= 11 is 0. The largest absolute Gasteiger partial charge is 0.444 e. The van der Waals surface area contributed by atoms with Crippen molar-refractivity contribution in [1.82, 2.24) is 9.96 Å². The van der Waals surface area contributed by atoms with Crippen LogP contribution in [-0.4, -0.2) is 54.8 Å². The van der Waals surface area contributed by atoms with Gasteiger partial charge in [0.1, 0.15) is 5.60 Å². The van der Waals surface area contributed by atoms with Crippen molar-refractivity contribution in [3.8, 4) is 0 Å². The Balaban J connectivity index is 1.82. The van der Waals surface area contributed by atoms with Gasteiger partial charge >= 0.3 is 6.09 Å². The molecule has 6 nitrogen and oxygen atoms in total. The number of rotatable bonds is 2. The van der Waals surface area contributed by atoms with Gasteiger partial charge in [-0.1, -0.05) is 0 Å². The molecule has 1 aliphatic carbocycles. The summed E-state index contributed by atoms with van der Waals surface area (Å²) in [5.74, 6) is -0.0255. The van der Waals surface area contributed by atoms with Crippen molar-refractivity contribution in [2.45, 2.75) is 32.8 Å². The molecule has 0 aromatic heterocycles. The van der Waals surface area contributed by atoms with Crippen LogP contribution in [0.1, 0.15) is 27.2 Å². The van der Waals surface area contributed by atoms with E-state index in [0.29, 0.717) is 13.1 Å². The number of carbonyl (C=O) groups excluding carboxylic acids is 2. The van der Waals surface area contributed by atoms with Gasteiger partial charge in [-0.05, 0) is 27.2 Å². The van der Waals surface area contributed by atoms with Gasteiger partial charge in [-0.2, -0.15) is 0 Å². The van der Waals surface area contributed by atoms with E-state index in [0.717, 1.165) is 6.42 Å². The fourth-order valence-electron chi connectivity index (χ4n) is 2.53. The molecular weight excluding hydrogens is 248 g/mol. The number of ether oxygens (including phenoxy) is 1. The third-order valence-electron chi connectivity index (χ3n) is 3.74. The lowest BCUT2D eigenvalue weighted by Gasteiger charge is -2.41. The van der Waals surface area contributed by atoms with Gasteiger partial charge in [0.2, 0.25) is 5.91 Å². The smallest absolute Gasteiger partial charge is 0.410 e. The first kappa shape index (κ1) is 14.1. The highest BCUT2D eigenvalue weighted by Crippen LogP contribution is 2.59. The molecule has 1 saturated carbocycles. The summed E-state index contributed by atoms with van der Waals surface area (Å²) in [6.07, 6.45) is 0.537. The van der Waals surface area contributed by atoms with E-state index in [2.05, 4.69) is 0 Å². The highest BCUT2D eigenvalue weighted by molar-refractivity contribution is 5.83. The molecule has 2 amide bonds. The molecule has 1 aliphatic heterocycles. The summed E-state index contributed by atoms with van der Waals surface area (Å²) in [7, 11) is 3.08. The van der Waals surface area contributed by atoms with Crippen molar-refractivity contribution in [3.63, 3.8) is 0 Å². The quantitative estimate of drug-likeness (QED) is 0.709. The summed E-state index contributed by atoms with van der Waals surface area (Å²) < 4.78 is 5.29. The zero-order valence-electron chi connectivity index (χ0n) is 12.2. The fourth-order valence-corrected chi connectivity index (χ4v) is 2.53. The molecule has 19 heavy (non-hydrogen) atoms. The number of nitrogens with zero attached hydrogens (tertiary/aromatic N) is 2. The van der Waals surface area contributed by atoms with Crippen LogP contribution >= 0.6 is 0 Å². The third-order valence-corrected chi connectivity index (χ3v) is 3.74. The van der Waals surface area contributed by atoms with Crippen LogP contribution in [0.15, 0.2) is 0 Å². The van der Waals surface area contributed by atoms with Crippen LogP contribution in [0, 0.1) is 11.3 Å². The molecule has 0 aromatic rings. The highest BCUT2D eigenvalue weighted by atomic mass is 16.7. The van der Waals surface area contributed by atoms with E-state index in [1.165, 1.54) is 12.2 Å². The van der Waals surface area contributed by atoms with Crippen molar-refractivity contribution in [2.75, 3.05) is 27.2 Å². The average molecular weight is 270 g/mol. The van der Waals surface area contributed by atoms with Gasteiger partial charge in [-0.15, -0.1) is 0 Å². The maximum atomic E-state index is 11.9. The zero-order chi connectivity index (χ0) is 14.4. The van der Waals surface area contributed by atoms with Gasteiger partial charge in [0.15, 0.2) is 0 Å². The molecule has 0 unspecified atom stereocenters. The van der Waals surface area contributed by atoms with Crippen LogP contribution in [0.4, 0.5) is 4.79 Å². The summed E-state index contributed by atoms with van der Waals surface area (Å²) in [4.78, 5) is 30.3. The monoisotopic (exact) mass is 270 g/mol. The van der Waals surface area contributed by atoms with E-state index in [4.69, 9.17) is 9.57 Å². The Labute approximate surface area is 113 Å². The van der Waals surface area contributed by atoms with Crippen molar-refractivity contribution in [1.29, 1.82) is 0 Å². The second kappa shape index (κ2) is 4.37. The zero-order valence-corrected chi connectivity index (χ0v) is 12.2. The van der Waals surface area contributed by atoms with Crippen LogP contribution in [-0.2, 0) is 14.4 Å². The molecule has 1 atom stereocenters. The number of likely N-dealkylation sites (tertiary alicyclic amines) is 1. The van der Waals surface area contributed by atoms with Gasteiger partial charge < -0.3 is 9.64 Å². The number of carbonyl (C=O) groups is 2. The summed E-state index contributed by atoms with van der Waals surface area (Å²) in [6, 6.07) is 0. The first-order chi connectivity index (χ1) is 8.68. The molecule has 2 aliphatic rings. The Morgan fingerprint density at radius 2 is 1.89 bits per heavy atom. The normalized spacial score (nSPS) is 23.8. The Hall–Kier alpha value is -1.30.